The van der Waals surface area contributed by atoms with E-state index in [4.69, 9.17) is 14.5 Å². The molecule has 0 aromatic heterocycles. The maximum absolute atomic E-state index is 13.4. The third-order valence-corrected chi connectivity index (χ3v) is 6.06. The number of benzene rings is 3. The van der Waals surface area contributed by atoms with Crippen molar-refractivity contribution in [2.45, 2.75) is 6.42 Å². The SMILES string of the molecule is COc1cccc(/C=C2/SC(=Nc3ccccc3)N(CCc3ccccc3)C2=O)c1OC. The number of carbonyl (C=O) groups excluding carboxylic acids is 1. The van der Waals surface area contributed by atoms with E-state index in [1.165, 1.54) is 17.3 Å². The summed E-state index contributed by atoms with van der Waals surface area (Å²) in [7, 11) is 3.19. The highest BCUT2D eigenvalue weighted by Gasteiger charge is 2.33. The maximum Gasteiger partial charge on any atom is 0.266 e. The van der Waals surface area contributed by atoms with Gasteiger partial charge >= 0.3 is 0 Å². The number of rotatable bonds is 7. The quantitative estimate of drug-likeness (QED) is 0.448. The molecule has 0 aliphatic carbocycles. The Morgan fingerprint density at radius 1 is 0.906 bits per heavy atom. The molecule has 0 spiro atoms. The van der Waals surface area contributed by atoms with E-state index in [1.807, 2.05) is 72.8 Å². The number of aliphatic imine (C=N–C) groups is 1. The van der Waals surface area contributed by atoms with Crippen molar-refractivity contribution < 1.29 is 14.3 Å². The Labute approximate surface area is 192 Å². The van der Waals surface area contributed by atoms with Gasteiger partial charge in [-0.2, -0.15) is 0 Å². The predicted molar refractivity (Wildman–Crippen MR) is 131 cm³/mol. The molecule has 4 rings (SSSR count). The Bertz CT molecular complexity index is 1140. The summed E-state index contributed by atoms with van der Waals surface area (Å²) in [6, 6.07) is 25.4. The van der Waals surface area contributed by atoms with Gasteiger partial charge < -0.3 is 9.47 Å². The second kappa shape index (κ2) is 10.2. The lowest BCUT2D eigenvalue weighted by Gasteiger charge is -2.15. The van der Waals surface area contributed by atoms with Crippen molar-refractivity contribution in [1.29, 1.82) is 0 Å². The largest absolute Gasteiger partial charge is 0.493 e. The number of nitrogens with zero attached hydrogens (tertiary/aromatic N) is 2. The topological polar surface area (TPSA) is 51.1 Å². The van der Waals surface area contributed by atoms with Gasteiger partial charge in [-0.3, -0.25) is 9.69 Å². The second-order valence-corrected chi connectivity index (χ2v) is 8.12. The molecule has 0 bridgehead atoms. The lowest BCUT2D eigenvalue weighted by Crippen LogP contribution is -2.31. The molecule has 1 aliphatic heterocycles. The first-order valence-corrected chi connectivity index (χ1v) is 11.1. The minimum atomic E-state index is -0.0644. The number of hydrogen-bond donors (Lipinski definition) is 0. The van der Waals surface area contributed by atoms with Gasteiger partial charge in [-0.1, -0.05) is 60.7 Å². The summed E-state index contributed by atoms with van der Waals surface area (Å²) in [6.07, 6.45) is 2.59. The van der Waals surface area contributed by atoms with Crippen molar-refractivity contribution in [2.75, 3.05) is 20.8 Å². The van der Waals surface area contributed by atoms with E-state index in [0.717, 1.165) is 17.7 Å². The van der Waals surface area contributed by atoms with E-state index < -0.39 is 0 Å². The molecule has 1 saturated heterocycles. The van der Waals surface area contributed by atoms with Gasteiger partial charge in [0.05, 0.1) is 24.8 Å². The number of thioether (sulfide) groups is 1. The van der Waals surface area contributed by atoms with Crippen LogP contribution in [0.5, 0.6) is 11.5 Å². The first-order valence-electron chi connectivity index (χ1n) is 10.3. The van der Waals surface area contributed by atoms with Gasteiger partial charge in [-0.15, -0.1) is 0 Å². The zero-order valence-corrected chi connectivity index (χ0v) is 18.8. The second-order valence-electron chi connectivity index (χ2n) is 7.12. The van der Waals surface area contributed by atoms with Crippen molar-refractivity contribution in [3.05, 3.63) is 94.9 Å². The van der Waals surface area contributed by atoms with Crippen LogP contribution < -0.4 is 9.47 Å². The molecule has 0 saturated carbocycles. The van der Waals surface area contributed by atoms with Crippen LogP contribution in [-0.2, 0) is 11.2 Å². The third-order valence-electron chi connectivity index (χ3n) is 5.06. The monoisotopic (exact) mass is 444 g/mol. The van der Waals surface area contributed by atoms with Crippen LogP contribution in [0.25, 0.3) is 6.08 Å². The molecule has 3 aromatic carbocycles. The van der Waals surface area contributed by atoms with E-state index in [-0.39, 0.29) is 5.91 Å². The van der Waals surface area contributed by atoms with Gasteiger partial charge in [-0.05, 0) is 48.0 Å². The summed E-state index contributed by atoms with van der Waals surface area (Å²) in [4.78, 5) is 20.5. The normalized spacial score (nSPS) is 16.1. The van der Waals surface area contributed by atoms with Crippen LogP contribution in [0, 0.1) is 0 Å². The Kier molecular flexibility index (Phi) is 6.92. The maximum atomic E-state index is 13.4. The molecule has 0 radical (unpaired) electrons. The van der Waals surface area contributed by atoms with Crippen molar-refractivity contribution in [1.82, 2.24) is 4.90 Å². The molecular formula is C26H24N2O3S. The van der Waals surface area contributed by atoms with Crippen molar-refractivity contribution in [3.8, 4) is 11.5 Å². The Morgan fingerprint density at radius 2 is 1.62 bits per heavy atom. The fraction of sp³-hybridized carbons (Fsp3) is 0.154. The molecule has 162 valence electrons. The van der Waals surface area contributed by atoms with Crippen LogP contribution in [0.4, 0.5) is 5.69 Å². The Balaban J connectivity index is 1.67. The zero-order valence-electron chi connectivity index (χ0n) is 18.0. The standard InChI is InChI=1S/C26H24N2O3S/c1-30-22-15-9-12-20(24(22)31-2)18-23-25(29)28(17-16-19-10-5-3-6-11-19)26(32-23)27-21-13-7-4-8-14-21/h3-15,18H,16-17H2,1-2H3/b23-18+,27-26?. The van der Waals surface area contributed by atoms with Gasteiger partial charge in [0, 0.05) is 12.1 Å². The van der Waals surface area contributed by atoms with Crippen LogP contribution in [0.2, 0.25) is 0 Å². The number of hydrogen-bond acceptors (Lipinski definition) is 5. The van der Waals surface area contributed by atoms with Gasteiger partial charge in [0.25, 0.3) is 5.91 Å². The molecule has 1 fully saturated rings. The van der Waals surface area contributed by atoms with E-state index in [2.05, 4.69) is 12.1 Å². The molecular weight excluding hydrogens is 420 g/mol. The van der Waals surface area contributed by atoms with Crippen molar-refractivity contribution in [3.63, 3.8) is 0 Å². The number of ether oxygens (including phenoxy) is 2. The summed E-state index contributed by atoms with van der Waals surface area (Å²) in [5.74, 6) is 1.15. The minimum Gasteiger partial charge on any atom is -0.493 e. The smallest absolute Gasteiger partial charge is 0.266 e. The number of para-hydroxylation sites is 2. The van der Waals surface area contributed by atoms with Gasteiger partial charge in [0.2, 0.25) is 0 Å². The van der Waals surface area contributed by atoms with E-state index in [0.29, 0.717) is 28.1 Å². The fourth-order valence-corrected chi connectivity index (χ4v) is 4.47. The molecule has 0 atom stereocenters. The van der Waals surface area contributed by atoms with E-state index in [9.17, 15) is 4.79 Å². The number of carbonyl (C=O) groups is 1. The van der Waals surface area contributed by atoms with Crippen molar-refractivity contribution in [2.24, 2.45) is 4.99 Å². The molecule has 32 heavy (non-hydrogen) atoms. The van der Waals surface area contributed by atoms with E-state index >= 15 is 0 Å². The molecule has 5 nitrogen and oxygen atoms in total. The molecule has 6 heteroatoms. The first kappa shape index (κ1) is 21.7. The number of amides is 1. The molecule has 1 aliphatic rings. The summed E-state index contributed by atoms with van der Waals surface area (Å²) in [6.45, 7) is 0.550. The lowest BCUT2D eigenvalue weighted by atomic mass is 10.1. The average molecular weight is 445 g/mol. The van der Waals surface area contributed by atoms with Gasteiger partial charge in [0.1, 0.15) is 0 Å². The minimum absolute atomic E-state index is 0.0644. The van der Waals surface area contributed by atoms with Crippen LogP contribution in [0.15, 0.2) is 88.8 Å². The third kappa shape index (κ3) is 4.86. The summed E-state index contributed by atoms with van der Waals surface area (Å²) < 4.78 is 10.9. The number of amidine groups is 1. The Hall–Kier alpha value is -3.51. The average Bonchev–Trinajstić information content (AvgIpc) is 3.12. The van der Waals surface area contributed by atoms with E-state index in [1.54, 1.807) is 19.1 Å². The Morgan fingerprint density at radius 3 is 2.31 bits per heavy atom. The van der Waals surface area contributed by atoms with Crippen molar-refractivity contribution >= 4 is 34.6 Å². The molecule has 0 unspecified atom stereocenters. The highest BCUT2D eigenvalue weighted by Crippen LogP contribution is 2.38. The van der Waals surface area contributed by atoms with Crippen LogP contribution in [0.1, 0.15) is 11.1 Å². The highest BCUT2D eigenvalue weighted by molar-refractivity contribution is 8.18. The molecule has 0 N–H and O–H groups in total. The molecule has 3 aromatic rings. The van der Waals surface area contributed by atoms with Crippen LogP contribution in [-0.4, -0.2) is 36.7 Å². The summed E-state index contributed by atoms with van der Waals surface area (Å²) >= 11 is 1.38. The molecule has 1 amide bonds. The van der Waals surface area contributed by atoms with Gasteiger partial charge in [0.15, 0.2) is 16.7 Å². The molecule has 1 heterocycles. The van der Waals surface area contributed by atoms with Crippen LogP contribution in [0.3, 0.4) is 0 Å². The van der Waals surface area contributed by atoms with Crippen LogP contribution >= 0.6 is 11.8 Å². The lowest BCUT2D eigenvalue weighted by molar-refractivity contribution is -0.122. The number of methoxy groups -OCH3 is 2. The highest BCUT2D eigenvalue weighted by atomic mass is 32.2. The first-order chi connectivity index (χ1) is 15.7. The fourth-order valence-electron chi connectivity index (χ4n) is 3.45. The zero-order chi connectivity index (χ0) is 22.3. The predicted octanol–water partition coefficient (Wildman–Crippen LogP) is 5.55. The van der Waals surface area contributed by atoms with Gasteiger partial charge in [-0.25, -0.2) is 4.99 Å². The summed E-state index contributed by atoms with van der Waals surface area (Å²) in [5, 5.41) is 0.672. The summed E-state index contributed by atoms with van der Waals surface area (Å²) in [5.41, 5.74) is 2.77.